The van der Waals surface area contributed by atoms with Gasteiger partial charge in [0.05, 0.1) is 19.8 Å². The van der Waals surface area contributed by atoms with Crippen molar-refractivity contribution in [2.45, 2.75) is 64.3 Å². The summed E-state index contributed by atoms with van der Waals surface area (Å²) in [5.41, 5.74) is 0.976. The molecule has 0 bridgehead atoms. The summed E-state index contributed by atoms with van der Waals surface area (Å²) in [5.74, 6) is -2.38. The number of rotatable bonds is 26. The maximum Gasteiger partial charge on any atom is 0.223 e. The van der Waals surface area contributed by atoms with Crippen LogP contribution in [0.1, 0.15) is 57.4 Å². The highest BCUT2D eigenvalue weighted by atomic mass is 16.5. The maximum atomic E-state index is 13.9. The third-order valence-electron chi connectivity index (χ3n) is 8.64. The van der Waals surface area contributed by atoms with Crippen LogP contribution in [0.5, 0.6) is 0 Å². The molecular formula is C39H60N4O8. The van der Waals surface area contributed by atoms with Gasteiger partial charge >= 0.3 is 0 Å². The molecule has 12 heteroatoms. The second-order valence-electron chi connectivity index (χ2n) is 13.0. The van der Waals surface area contributed by atoms with E-state index in [1.807, 2.05) is 48.6 Å². The van der Waals surface area contributed by atoms with Gasteiger partial charge < -0.3 is 41.0 Å². The number of benzene rings is 1. The Morgan fingerprint density at radius 1 is 0.784 bits per heavy atom. The van der Waals surface area contributed by atoms with Crippen LogP contribution < -0.4 is 21.3 Å². The summed E-state index contributed by atoms with van der Waals surface area (Å²) in [4.78, 5) is 53.5. The molecule has 1 aliphatic carbocycles. The highest BCUT2D eigenvalue weighted by molar-refractivity contribution is 5.86. The largest absolute Gasteiger partial charge is 0.396 e. The van der Waals surface area contributed by atoms with E-state index in [2.05, 4.69) is 40.8 Å². The topological polar surface area (TPSA) is 175 Å². The standard InChI is InChI=1S/C39H60N4O8/c1-3-4-5-7-12-30(2)15-17-40-36(46)29-35(25-31-13-8-6-9-14-31)43-39(49)34-27-32(37(47)41-16-10-21-50-22-11-19-44)26-33(28-34)38(48)42-18-23-51-24-20-45/h3-9,12-14,30,32-35,44-45H,1,10-11,15-29H2,2H3,(H,40,46)(H,41,47)(H,42,48)(H,43,49)/b5-4-,12-7-/t30?,32?,33?,34?,35-/m0/s1. The summed E-state index contributed by atoms with van der Waals surface area (Å²) in [6.07, 6.45) is 12.8. The van der Waals surface area contributed by atoms with Gasteiger partial charge in [0.15, 0.2) is 0 Å². The monoisotopic (exact) mass is 712 g/mol. The van der Waals surface area contributed by atoms with E-state index in [-0.39, 0.29) is 81.8 Å². The van der Waals surface area contributed by atoms with Crippen LogP contribution in [0.15, 0.2) is 67.3 Å². The molecule has 0 radical (unpaired) electrons. The van der Waals surface area contributed by atoms with Crippen molar-refractivity contribution in [1.82, 2.24) is 21.3 Å². The Kier molecular flexibility index (Phi) is 22.8. The molecule has 1 saturated carbocycles. The van der Waals surface area contributed by atoms with E-state index in [0.29, 0.717) is 52.0 Å². The number of carbonyl (C=O) groups is 4. The summed E-state index contributed by atoms with van der Waals surface area (Å²) >= 11 is 0. The first-order valence-corrected chi connectivity index (χ1v) is 18.3. The first kappa shape index (κ1) is 43.3. The molecule has 2 rings (SSSR count). The van der Waals surface area contributed by atoms with Gasteiger partial charge in [-0.05, 0) is 56.4 Å². The van der Waals surface area contributed by atoms with E-state index in [4.69, 9.17) is 19.7 Å². The van der Waals surface area contributed by atoms with E-state index < -0.39 is 23.8 Å². The minimum Gasteiger partial charge on any atom is -0.396 e. The van der Waals surface area contributed by atoms with Gasteiger partial charge in [-0.25, -0.2) is 0 Å². The van der Waals surface area contributed by atoms with E-state index in [1.165, 1.54) is 0 Å². The summed E-state index contributed by atoms with van der Waals surface area (Å²) in [6, 6.07) is 9.16. The van der Waals surface area contributed by atoms with Crippen LogP contribution in [0.25, 0.3) is 0 Å². The number of ether oxygens (including phenoxy) is 2. The zero-order valence-electron chi connectivity index (χ0n) is 30.2. The molecule has 1 aromatic carbocycles. The Balaban J connectivity index is 2.08. The summed E-state index contributed by atoms with van der Waals surface area (Å²) in [5, 5.41) is 29.7. The van der Waals surface area contributed by atoms with E-state index in [1.54, 1.807) is 6.08 Å². The molecule has 1 aromatic rings. The zero-order chi connectivity index (χ0) is 37.1. The average molecular weight is 713 g/mol. The smallest absolute Gasteiger partial charge is 0.223 e. The number of carbonyl (C=O) groups excluding carboxylic acids is 4. The molecule has 0 spiro atoms. The third-order valence-corrected chi connectivity index (χ3v) is 8.64. The van der Waals surface area contributed by atoms with E-state index in [0.717, 1.165) is 12.0 Å². The molecule has 1 fully saturated rings. The van der Waals surface area contributed by atoms with Crippen molar-refractivity contribution >= 4 is 23.6 Å². The van der Waals surface area contributed by atoms with Gasteiger partial charge in [0.25, 0.3) is 0 Å². The average Bonchev–Trinajstić information content (AvgIpc) is 3.13. The van der Waals surface area contributed by atoms with Crippen LogP contribution in [0.4, 0.5) is 0 Å². The molecule has 6 N–H and O–H groups in total. The van der Waals surface area contributed by atoms with Crippen molar-refractivity contribution in [2.24, 2.45) is 23.7 Å². The van der Waals surface area contributed by atoms with Crippen LogP contribution in [0, 0.1) is 23.7 Å². The number of allylic oxidation sites excluding steroid dienone is 5. The molecule has 0 saturated heterocycles. The Labute approximate surface area is 303 Å². The molecule has 0 aliphatic heterocycles. The molecule has 4 unspecified atom stereocenters. The molecule has 4 amide bonds. The first-order valence-electron chi connectivity index (χ1n) is 18.3. The number of hydrogen-bond donors (Lipinski definition) is 6. The van der Waals surface area contributed by atoms with E-state index >= 15 is 0 Å². The maximum absolute atomic E-state index is 13.9. The summed E-state index contributed by atoms with van der Waals surface area (Å²) in [7, 11) is 0. The minimum absolute atomic E-state index is 0.0601. The fourth-order valence-electron chi connectivity index (χ4n) is 5.94. The number of aliphatic hydroxyl groups is 2. The predicted octanol–water partition coefficient (Wildman–Crippen LogP) is 2.61. The Morgan fingerprint density at radius 2 is 1.43 bits per heavy atom. The molecule has 0 aromatic heterocycles. The van der Waals surface area contributed by atoms with Gasteiger partial charge in [0, 0.05) is 69.7 Å². The molecular weight excluding hydrogens is 652 g/mol. The second-order valence-corrected chi connectivity index (χ2v) is 13.0. The van der Waals surface area contributed by atoms with E-state index in [9.17, 15) is 19.2 Å². The van der Waals surface area contributed by atoms with Gasteiger partial charge in [-0.2, -0.15) is 0 Å². The number of nitrogens with one attached hydrogen (secondary N) is 4. The third kappa shape index (κ3) is 19.4. The molecule has 284 valence electrons. The van der Waals surface area contributed by atoms with Crippen molar-refractivity contribution in [3.8, 4) is 0 Å². The fraction of sp³-hybridized carbons (Fsp3) is 0.590. The lowest BCUT2D eigenvalue weighted by atomic mass is 9.73. The van der Waals surface area contributed by atoms with Crippen molar-refractivity contribution in [1.29, 1.82) is 0 Å². The minimum atomic E-state index is -0.609. The number of aliphatic hydroxyl groups excluding tert-OH is 2. The normalized spacial score (nSPS) is 18.6. The van der Waals surface area contributed by atoms with Crippen molar-refractivity contribution < 1.29 is 38.9 Å². The molecule has 0 heterocycles. The zero-order valence-corrected chi connectivity index (χ0v) is 30.2. The fourth-order valence-corrected chi connectivity index (χ4v) is 5.94. The highest BCUT2D eigenvalue weighted by Crippen LogP contribution is 2.34. The molecule has 12 nitrogen and oxygen atoms in total. The van der Waals surface area contributed by atoms with Crippen molar-refractivity contribution in [3.63, 3.8) is 0 Å². The molecule has 1 aliphatic rings. The lowest BCUT2D eigenvalue weighted by Gasteiger charge is -2.34. The van der Waals surface area contributed by atoms with Crippen LogP contribution in [0.3, 0.4) is 0 Å². The van der Waals surface area contributed by atoms with Gasteiger partial charge in [0.1, 0.15) is 0 Å². The second kappa shape index (κ2) is 26.9. The van der Waals surface area contributed by atoms with Gasteiger partial charge in [-0.3, -0.25) is 19.2 Å². The lowest BCUT2D eigenvalue weighted by molar-refractivity contribution is -0.135. The molecule has 51 heavy (non-hydrogen) atoms. The van der Waals surface area contributed by atoms with Gasteiger partial charge in [-0.1, -0.05) is 74.2 Å². The summed E-state index contributed by atoms with van der Waals surface area (Å²) in [6.45, 7) is 8.11. The van der Waals surface area contributed by atoms with Crippen LogP contribution in [0.2, 0.25) is 0 Å². The number of hydrogen-bond acceptors (Lipinski definition) is 8. The Bertz CT molecular complexity index is 1220. The lowest BCUT2D eigenvalue weighted by Crippen LogP contribution is -2.48. The SMILES string of the molecule is C=C/C=C\C=C/C(C)CCNC(=O)C[C@H](Cc1ccccc1)NC(=O)C1CC(C(=O)NCCCOCCCO)CC(C(=O)NCCOCCO)C1. The van der Waals surface area contributed by atoms with Gasteiger partial charge in [0.2, 0.25) is 23.6 Å². The highest BCUT2D eigenvalue weighted by Gasteiger charge is 2.39. The first-order chi connectivity index (χ1) is 24.8. The predicted molar refractivity (Wildman–Crippen MR) is 197 cm³/mol. The Morgan fingerprint density at radius 3 is 2.10 bits per heavy atom. The van der Waals surface area contributed by atoms with Crippen molar-refractivity contribution in [2.75, 3.05) is 59.3 Å². The number of amides is 4. The van der Waals surface area contributed by atoms with Crippen LogP contribution >= 0.6 is 0 Å². The van der Waals surface area contributed by atoms with Crippen LogP contribution in [-0.2, 0) is 35.1 Å². The summed E-state index contributed by atoms with van der Waals surface area (Å²) < 4.78 is 10.7. The molecule has 5 atom stereocenters. The quantitative estimate of drug-likeness (QED) is 0.0628. The van der Waals surface area contributed by atoms with Crippen LogP contribution in [-0.4, -0.2) is 99.2 Å². The Hall–Kier alpha value is -3.84. The van der Waals surface area contributed by atoms with Crippen molar-refractivity contribution in [3.05, 3.63) is 72.9 Å². The van der Waals surface area contributed by atoms with Gasteiger partial charge in [-0.15, -0.1) is 0 Å².